The molecule has 0 amide bonds. The number of oxime groups is 1. The predicted molar refractivity (Wildman–Crippen MR) is 81.8 cm³/mol. The van der Waals surface area contributed by atoms with Gasteiger partial charge in [0.1, 0.15) is 6.61 Å². The van der Waals surface area contributed by atoms with Gasteiger partial charge in [-0.25, -0.2) is 0 Å². The van der Waals surface area contributed by atoms with Crippen LogP contribution < -0.4 is 10.5 Å². The maximum atomic E-state index is 5.97. The van der Waals surface area contributed by atoms with Crippen LogP contribution in [0.4, 0.5) is 0 Å². The van der Waals surface area contributed by atoms with E-state index in [2.05, 4.69) is 10.3 Å². The van der Waals surface area contributed by atoms with Gasteiger partial charge in [0, 0.05) is 13.2 Å². The number of nitrogens with two attached hydrogens (primary N) is 1. The van der Waals surface area contributed by atoms with Crippen molar-refractivity contribution in [1.82, 2.24) is 9.78 Å². The normalized spacial score (nSPS) is 11.5. The van der Waals surface area contributed by atoms with Crippen molar-refractivity contribution in [2.45, 2.75) is 0 Å². The van der Waals surface area contributed by atoms with Crippen molar-refractivity contribution in [1.29, 1.82) is 0 Å². The third-order valence-electron chi connectivity index (χ3n) is 2.50. The molecule has 8 heteroatoms. The van der Waals surface area contributed by atoms with Crippen LogP contribution in [0, 0.1) is 0 Å². The maximum Gasteiger partial charge on any atom is 0.173 e. The van der Waals surface area contributed by atoms with Gasteiger partial charge in [-0.05, 0) is 12.1 Å². The summed E-state index contributed by atoms with van der Waals surface area (Å²) in [5.74, 6) is 0.674. The lowest BCUT2D eigenvalue weighted by Gasteiger charge is -2.08. The van der Waals surface area contributed by atoms with E-state index in [0.29, 0.717) is 21.4 Å². The molecular weight excluding hydrogens is 315 g/mol. The summed E-state index contributed by atoms with van der Waals surface area (Å²) < 4.78 is 7.07. The van der Waals surface area contributed by atoms with E-state index >= 15 is 0 Å². The Bertz CT molecular complexity index is 623. The van der Waals surface area contributed by atoms with Crippen LogP contribution in [0.1, 0.15) is 5.56 Å². The first-order valence-corrected chi connectivity index (χ1v) is 6.85. The smallest absolute Gasteiger partial charge is 0.173 e. The molecule has 0 aliphatic heterocycles. The number of hydrogen-bond donors (Lipinski definition) is 1. The highest BCUT2D eigenvalue weighted by Gasteiger charge is 2.06. The molecule has 2 aromatic rings. The molecule has 0 saturated carbocycles. The van der Waals surface area contributed by atoms with Crippen molar-refractivity contribution in [2.75, 3.05) is 13.2 Å². The highest BCUT2D eigenvalue weighted by molar-refractivity contribution is 6.37. The number of rotatable bonds is 6. The molecule has 0 fully saturated rings. The van der Waals surface area contributed by atoms with Crippen molar-refractivity contribution in [3.63, 3.8) is 0 Å². The van der Waals surface area contributed by atoms with Crippen LogP contribution in [0.25, 0.3) is 0 Å². The van der Waals surface area contributed by atoms with E-state index < -0.39 is 0 Å². The standard InChI is InChI=1S/C13H14Cl2N4O2/c1-19-8-9(7-17-19)13(16)18-21-6-5-20-12-10(14)3-2-4-11(12)15/h2-4,7-8H,5-6H2,1H3,(H2,16,18). The summed E-state index contributed by atoms with van der Waals surface area (Å²) in [5, 5.41) is 8.66. The molecule has 0 aliphatic carbocycles. The molecule has 6 nitrogen and oxygen atoms in total. The number of aromatic nitrogens is 2. The molecule has 0 radical (unpaired) electrons. The summed E-state index contributed by atoms with van der Waals surface area (Å²) in [6.07, 6.45) is 3.34. The minimum Gasteiger partial charge on any atom is -0.487 e. The second kappa shape index (κ2) is 7.19. The second-order valence-electron chi connectivity index (χ2n) is 4.11. The molecular formula is C13H14Cl2N4O2. The van der Waals surface area contributed by atoms with Gasteiger partial charge in [-0.15, -0.1) is 0 Å². The van der Waals surface area contributed by atoms with Crippen LogP contribution in [0.2, 0.25) is 10.0 Å². The van der Waals surface area contributed by atoms with Crippen molar-refractivity contribution in [2.24, 2.45) is 17.9 Å². The number of aryl methyl sites for hydroxylation is 1. The molecule has 0 spiro atoms. The molecule has 112 valence electrons. The molecule has 0 atom stereocenters. The first kappa shape index (κ1) is 15.5. The molecule has 0 bridgehead atoms. The number of hydrogen-bond acceptors (Lipinski definition) is 4. The van der Waals surface area contributed by atoms with Gasteiger partial charge in [0.25, 0.3) is 0 Å². The first-order valence-electron chi connectivity index (χ1n) is 6.09. The lowest BCUT2D eigenvalue weighted by atomic mass is 10.3. The average Bonchev–Trinajstić information content (AvgIpc) is 2.88. The minimum atomic E-state index is 0.211. The maximum absolute atomic E-state index is 5.97. The third-order valence-corrected chi connectivity index (χ3v) is 3.10. The summed E-state index contributed by atoms with van der Waals surface area (Å²) in [6.45, 7) is 0.454. The molecule has 1 aromatic carbocycles. The molecule has 1 heterocycles. The van der Waals surface area contributed by atoms with Gasteiger partial charge in [-0.1, -0.05) is 34.4 Å². The van der Waals surface area contributed by atoms with Crippen LogP contribution in [0.15, 0.2) is 35.7 Å². The molecule has 2 rings (SSSR count). The summed E-state index contributed by atoms with van der Waals surface area (Å²) in [7, 11) is 1.79. The van der Waals surface area contributed by atoms with Crippen LogP contribution in [-0.4, -0.2) is 28.8 Å². The van der Waals surface area contributed by atoms with Gasteiger partial charge >= 0.3 is 0 Å². The van der Waals surface area contributed by atoms with Crippen LogP contribution in [-0.2, 0) is 11.9 Å². The molecule has 2 N–H and O–H groups in total. The number of amidine groups is 1. The first-order chi connectivity index (χ1) is 10.1. The number of benzene rings is 1. The lowest BCUT2D eigenvalue weighted by molar-refractivity contribution is 0.107. The van der Waals surface area contributed by atoms with Crippen molar-refractivity contribution in [3.05, 3.63) is 46.2 Å². The van der Waals surface area contributed by atoms with Gasteiger partial charge in [0.15, 0.2) is 18.2 Å². The Labute approximate surface area is 132 Å². The van der Waals surface area contributed by atoms with Crippen molar-refractivity contribution >= 4 is 29.0 Å². The zero-order valence-corrected chi connectivity index (χ0v) is 12.8. The lowest BCUT2D eigenvalue weighted by Crippen LogP contribution is -2.14. The summed E-state index contributed by atoms with van der Waals surface area (Å²) >= 11 is 11.9. The predicted octanol–water partition coefficient (Wildman–Crippen LogP) is 2.44. The number of ether oxygens (including phenoxy) is 1. The Hall–Kier alpha value is -1.92. The highest BCUT2D eigenvalue weighted by Crippen LogP contribution is 2.32. The SMILES string of the molecule is Cn1cc(/C(N)=N/OCCOc2c(Cl)cccc2Cl)cn1. The molecule has 1 aromatic heterocycles. The Morgan fingerprint density at radius 3 is 2.67 bits per heavy atom. The monoisotopic (exact) mass is 328 g/mol. The van der Waals surface area contributed by atoms with E-state index in [4.69, 9.17) is 38.5 Å². The fraction of sp³-hybridized carbons (Fsp3) is 0.231. The quantitative estimate of drug-likeness (QED) is 0.382. The highest BCUT2D eigenvalue weighted by atomic mass is 35.5. The topological polar surface area (TPSA) is 74.7 Å². The zero-order chi connectivity index (χ0) is 15.2. The van der Waals surface area contributed by atoms with Crippen molar-refractivity contribution in [3.8, 4) is 5.75 Å². The van der Waals surface area contributed by atoms with Crippen LogP contribution in [0.3, 0.4) is 0 Å². The number of para-hydroxylation sites is 1. The van der Waals surface area contributed by atoms with E-state index in [0.717, 1.165) is 0 Å². The fourth-order valence-corrected chi connectivity index (χ4v) is 2.03. The minimum absolute atomic E-state index is 0.211. The third kappa shape index (κ3) is 4.27. The Morgan fingerprint density at radius 2 is 2.05 bits per heavy atom. The summed E-state index contributed by atoms with van der Waals surface area (Å²) in [4.78, 5) is 5.08. The molecule has 0 saturated heterocycles. The molecule has 0 aliphatic rings. The Balaban J connectivity index is 1.80. The van der Waals surface area contributed by atoms with Crippen LogP contribution >= 0.6 is 23.2 Å². The number of nitrogens with zero attached hydrogens (tertiary/aromatic N) is 3. The van der Waals surface area contributed by atoms with Crippen LogP contribution in [0.5, 0.6) is 5.75 Å². The van der Waals surface area contributed by atoms with Gasteiger partial charge < -0.3 is 15.3 Å². The molecule has 21 heavy (non-hydrogen) atoms. The average molecular weight is 329 g/mol. The summed E-state index contributed by atoms with van der Waals surface area (Å²) in [6, 6.07) is 5.14. The molecule has 0 unspecified atom stereocenters. The fourth-order valence-electron chi connectivity index (χ4n) is 1.52. The van der Waals surface area contributed by atoms with E-state index in [9.17, 15) is 0 Å². The van der Waals surface area contributed by atoms with Gasteiger partial charge in [-0.2, -0.15) is 5.10 Å². The van der Waals surface area contributed by atoms with E-state index in [1.54, 1.807) is 42.3 Å². The van der Waals surface area contributed by atoms with Crippen molar-refractivity contribution < 1.29 is 9.57 Å². The van der Waals surface area contributed by atoms with E-state index in [1.165, 1.54) is 0 Å². The zero-order valence-electron chi connectivity index (χ0n) is 11.3. The second-order valence-corrected chi connectivity index (χ2v) is 4.93. The van der Waals surface area contributed by atoms with E-state index in [-0.39, 0.29) is 19.0 Å². The van der Waals surface area contributed by atoms with Gasteiger partial charge in [0.05, 0.1) is 21.8 Å². The van der Waals surface area contributed by atoms with Gasteiger partial charge in [-0.3, -0.25) is 4.68 Å². The Kier molecular flexibility index (Phi) is 5.30. The van der Waals surface area contributed by atoms with Gasteiger partial charge in [0.2, 0.25) is 0 Å². The largest absolute Gasteiger partial charge is 0.487 e. The van der Waals surface area contributed by atoms with E-state index in [1.807, 2.05) is 0 Å². The Morgan fingerprint density at radius 1 is 1.33 bits per heavy atom. The number of halogens is 2. The summed E-state index contributed by atoms with van der Waals surface area (Å²) in [5.41, 5.74) is 6.43.